The largest absolute Gasteiger partial charge is 0.370 e. The summed E-state index contributed by atoms with van der Waals surface area (Å²) in [5.41, 5.74) is 2.25. The second kappa shape index (κ2) is 3.57. The molecule has 3 nitrogen and oxygen atoms in total. The Morgan fingerprint density at radius 2 is 2.07 bits per heavy atom. The molecule has 1 fully saturated rings. The maximum atomic E-state index is 4.42. The average Bonchev–Trinajstić information content (AvgIpc) is 2.77. The molecule has 15 heavy (non-hydrogen) atoms. The van der Waals surface area contributed by atoms with Gasteiger partial charge in [0.2, 0.25) is 0 Å². The molecule has 0 unspecified atom stereocenters. The number of aromatic nitrogens is 2. The van der Waals surface area contributed by atoms with Crippen molar-refractivity contribution in [2.45, 2.75) is 19.3 Å². The van der Waals surface area contributed by atoms with E-state index in [-0.39, 0.29) is 0 Å². The van der Waals surface area contributed by atoms with Gasteiger partial charge in [0.1, 0.15) is 5.65 Å². The van der Waals surface area contributed by atoms with E-state index in [1.807, 2.05) is 12.4 Å². The number of fused-ring (bicyclic) bond motifs is 1. The van der Waals surface area contributed by atoms with Crippen LogP contribution in [0.1, 0.15) is 19.3 Å². The van der Waals surface area contributed by atoms with Gasteiger partial charge < -0.3 is 9.88 Å². The highest BCUT2D eigenvalue weighted by Crippen LogP contribution is 2.22. The molecule has 2 aromatic heterocycles. The third-order valence-electron chi connectivity index (χ3n) is 3.11. The maximum absolute atomic E-state index is 4.42. The number of rotatable bonds is 1. The fourth-order valence-corrected chi connectivity index (χ4v) is 2.25. The number of hydrogen-bond donors (Lipinski definition) is 1. The van der Waals surface area contributed by atoms with Crippen molar-refractivity contribution in [3.8, 4) is 0 Å². The second-order valence-corrected chi connectivity index (χ2v) is 4.16. The summed E-state index contributed by atoms with van der Waals surface area (Å²) in [6, 6.07) is 4.31. The van der Waals surface area contributed by atoms with E-state index >= 15 is 0 Å². The van der Waals surface area contributed by atoms with Gasteiger partial charge >= 0.3 is 0 Å². The molecule has 2 aromatic rings. The molecule has 0 spiro atoms. The minimum atomic E-state index is 0.982. The van der Waals surface area contributed by atoms with Gasteiger partial charge in [-0.1, -0.05) is 0 Å². The number of nitrogens with one attached hydrogen (secondary N) is 1. The first-order valence-corrected chi connectivity index (χ1v) is 5.61. The molecule has 1 aliphatic heterocycles. The molecule has 1 aliphatic rings. The Kier molecular flexibility index (Phi) is 2.09. The minimum absolute atomic E-state index is 0.982. The van der Waals surface area contributed by atoms with E-state index in [0.717, 1.165) is 5.65 Å². The Labute approximate surface area is 89.1 Å². The summed E-state index contributed by atoms with van der Waals surface area (Å²) in [5, 5.41) is 1.21. The van der Waals surface area contributed by atoms with Gasteiger partial charge in [-0.2, -0.15) is 0 Å². The van der Waals surface area contributed by atoms with Crippen molar-refractivity contribution < 1.29 is 0 Å². The van der Waals surface area contributed by atoms with Gasteiger partial charge in [-0.3, -0.25) is 0 Å². The summed E-state index contributed by atoms with van der Waals surface area (Å²) < 4.78 is 0. The van der Waals surface area contributed by atoms with E-state index in [1.54, 1.807) is 0 Å². The summed E-state index contributed by atoms with van der Waals surface area (Å²) in [6.07, 6.45) is 7.91. The highest BCUT2D eigenvalue weighted by molar-refractivity contribution is 5.79. The van der Waals surface area contributed by atoms with Crippen LogP contribution in [0, 0.1) is 0 Å². The topological polar surface area (TPSA) is 31.9 Å². The molecular formula is C12H15N3. The lowest BCUT2D eigenvalue weighted by molar-refractivity contribution is 0.577. The molecule has 0 radical (unpaired) electrons. The summed E-state index contributed by atoms with van der Waals surface area (Å²) in [6.45, 7) is 2.36. The first kappa shape index (κ1) is 8.77. The van der Waals surface area contributed by atoms with E-state index in [0.29, 0.717) is 0 Å². The van der Waals surface area contributed by atoms with Crippen LogP contribution < -0.4 is 4.90 Å². The number of pyridine rings is 1. The quantitative estimate of drug-likeness (QED) is 0.769. The van der Waals surface area contributed by atoms with Gasteiger partial charge in [-0.15, -0.1) is 0 Å². The number of nitrogens with zero attached hydrogens (tertiary/aromatic N) is 2. The highest BCUT2D eigenvalue weighted by Gasteiger charge is 2.11. The van der Waals surface area contributed by atoms with Crippen molar-refractivity contribution in [3.05, 3.63) is 24.5 Å². The Hall–Kier alpha value is -1.51. The normalized spacial score (nSPS) is 17.2. The molecule has 0 bridgehead atoms. The molecule has 0 aromatic carbocycles. The van der Waals surface area contributed by atoms with E-state index in [1.165, 1.54) is 43.4 Å². The van der Waals surface area contributed by atoms with E-state index in [9.17, 15) is 0 Å². The number of piperidine rings is 1. The van der Waals surface area contributed by atoms with Crippen LogP contribution >= 0.6 is 0 Å². The minimum Gasteiger partial charge on any atom is -0.370 e. The molecule has 0 amide bonds. The van der Waals surface area contributed by atoms with Crippen LogP contribution in [0.4, 0.5) is 5.69 Å². The lowest BCUT2D eigenvalue weighted by Gasteiger charge is -2.28. The molecule has 3 heterocycles. The number of aromatic amines is 1. The Bertz CT molecular complexity index is 455. The molecule has 1 saturated heterocycles. The second-order valence-electron chi connectivity index (χ2n) is 4.16. The predicted octanol–water partition coefficient (Wildman–Crippen LogP) is 2.55. The van der Waals surface area contributed by atoms with Crippen molar-refractivity contribution in [1.29, 1.82) is 0 Å². The first-order valence-electron chi connectivity index (χ1n) is 5.61. The fourth-order valence-electron chi connectivity index (χ4n) is 2.25. The maximum Gasteiger partial charge on any atom is 0.137 e. The van der Waals surface area contributed by atoms with E-state index in [4.69, 9.17) is 0 Å². The smallest absolute Gasteiger partial charge is 0.137 e. The Balaban J connectivity index is 1.95. The van der Waals surface area contributed by atoms with Crippen LogP contribution in [0.25, 0.3) is 11.0 Å². The Morgan fingerprint density at radius 1 is 1.20 bits per heavy atom. The summed E-state index contributed by atoms with van der Waals surface area (Å²) >= 11 is 0. The molecule has 0 atom stereocenters. The molecule has 0 aliphatic carbocycles. The number of H-pyrrole nitrogens is 1. The van der Waals surface area contributed by atoms with Gasteiger partial charge in [0.05, 0.1) is 11.9 Å². The third-order valence-corrected chi connectivity index (χ3v) is 3.11. The lowest BCUT2D eigenvalue weighted by atomic mass is 10.1. The number of hydrogen-bond acceptors (Lipinski definition) is 2. The van der Waals surface area contributed by atoms with Crippen LogP contribution in [-0.4, -0.2) is 23.1 Å². The highest BCUT2D eigenvalue weighted by atomic mass is 15.1. The average molecular weight is 201 g/mol. The molecule has 78 valence electrons. The zero-order valence-corrected chi connectivity index (χ0v) is 8.74. The number of anilines is 1. The van der Waals surface area contributed by atoms with Gasteiger partial charge in [-0.25, -0.2) is 4.98 Å². The fraction of sp³-hybridized carbons (Fsp3) is 0.417. The zero-order chi connectivity index (χ0) is 10.1. The van der Waals surface area contributed by atoms with Crippen molar-refractivity contribution in [1.82, 2.24) is 9.97 Å². The van der Waals surface area contributed by atoms with Gasteiger partial charge in [-0.05, 0) is 31.4 Å². The monoisotopic (exact) mass is 201 g/mol. The third kappa shape index (κ3) is 1.58. The zero-order valence-electron chi connectivity index (χ0n) is 8.74. The summed E-state index contributed by atoms with van der Waals surface area (Å²) in [5.74, 6) is 0. The van der Waals surface area contributed by atoms with E-state index < -0.39 is 0 Å². The standard InChI is InChI=1S/C12H15N3/c1-2-6-15(7-3-1)11-8-10-4-5-13-12(10)14-9-11/h4-5,8-9H,1-3,6-7H2,(H,13,14). The summed E-state index contributed by atoms with van der Waals surface area (Å²) in [7, 11) is 0. The molecule has 3 heteroatoms. The SMILES string of the molecule is c1cc2cc(N3CCCCC3)cnc2[nH]1. The van der Waals surface area contributed by atoms with E-state index in [2.05, 4.69) is 27.0 Å². The molecule has 0 saturated carbocycles. The van der Waals surface area contributed by atoms with Crippen molar-refractivity contribution in [2.24, 2.45) is 0 Å². The molecular weight excluding hydrogens is 186 g/mol. The van der Waals surface area contributed by atoms with Crippen LogP contribution in [0.5, 0.6) is 0 Å². The van der Waals surface area contributed by atoms with Gasteiger partial charge in [0, 0.05) is 24.7 Å². The lowest BCUT2D eigenvalue weighted by Crippen LogP contribution is -2.29. The van der Waals surface area contributed by atoms with Crippen molar-refractivity contribution >= 4 is 16.7 Å². The molecule has 1 N–H and O–H groups in total. The summed E-state index contributed by atoms with van der Waals surface area (Å²) in [4.78, 5) is 9.97. The first-order chi connectivity index (χ1) is 7.43. The van der Waals surface area contributed by atoms with Crippen LogP contribution in [0.3, 0.4) is 0 Å². The van der Waals surface area contributed by atoms with Crippen LogP contribution in [0.2, 0.25) is 0 Å². The van der Waals surface area contributed by atoms with Gasteiger partial charge in [0.15, 0.2) is 0 Å². The Morgan fingerprint density at radius 3 is 2.93 bits per heavy atom. The van der Waals surface area contributed by atoms with Crippen molar-refractivity contribution in [3.63, 3.8) is 0 Å². The van der Waals surface area contributed by atoms with Crippen molar-refractivity contribution in [2.75, 3.05) is 18.0 Å². The predicted molar refractivity (Wildman–Crippen MR) is 62.2 cm³/mol. The van der Waals surface area contributed by atoms with Crippen LogP contribution in [-0.2, 0) is 0 Å². The van der Waals surface area contributed by atoms with Crippen LogP contribution in [0.15, 0.2) is 24.5 Å². The van der Waals surface area contributed by atoms with Gasteiger partial charge in [0.25, 0.3) is 0 Å². The molecule has 3 rings (SSSR count).